The first kappa shape index (κ1) is 15.3. The van der Waals surface area contributed by atoms with Crippen LogP contribution in [0.15, 0.2) is 51.6 Å². The third-order valence-corrected chi connectivity index (χ3v) is 3.85. The Morgan fingerprint density at radius 2 is 2.15 bits per heavy atom. The first-order valence-electron chi connectivity index (χ1n) is 6.87. The van der Waals surface area contributed by atoms with Crippen molar-refractivity contribution in [3.8, 4) is 0 Å². The minimum absolute atomic E-state index is 0.432. The van der Waals surface area contributed by atoms with E-state index in [1.807, 2.05) is 36.4 Å². The summed E-state index contributed by atoms with van der Waals surface area (Å²) in [7, 11) is 0. The number of aliphatic hydroxyl groups excluding tert-OH is 1. The molecule has 1 aromatic carbocycles. The van der Waals surface area contributed by atoms with Gasteiger partial charge in [-0.1, -0.05) is 35.0 Å². The standard InChI is InChI=1S/C16H20BrNO2/c1-2-18(12-15-7-4-10-20-15)9-8-16(19)13-5-3-6-14(17)11-13/h3-7,10-11,16,19H,2,8-9,12H2,1H3. The molecule has 3 nitrogen and oxygen atoms in total. The topological polar surface area (TPSA) is 36.6 Å². The number of benzene rings is 1. The van der Waals surface area contributed by atoms with Crippen molar-refractivity contribution in [3.05, 3.63) is 58.5 Å². The van der Waals surface area contributed by atoms with Crippen molar-refractivity contribution in [2.45, 2.75) is 26.0 Å². The molecule has 0 aliphatic carbocycles. The summed E-state index contributed by atoms with van der Waals surface area (Å²) in [6.07, 6.45) is 1.97. The maximum atomic E-state index is 10.2. The Morgan fingerprint density at radius 3 is 2.80 bits per heavy atom. The van der Waals surface area contributed by atoms with Crippen LogP contribution in [0.25, 0.3) is 0 Å². The zero-order valence-electron chi connectivity index (χ0n) is 11.6. The van der Waals surface area contributed by atoms with Crippen LogP contribution >= 0.6 is 15.9 Å². The van der Waals surface area contributed by atoms with Crippen LogP contribution in [0.5, 0.6) is 0 Å². The van der Waals surface area contributed by atoms with Crippen molar-refractivity contribution in [2.75, 3.05) is 13.1 Å². The summed E-state index contributed by atoms with van der Waals surface area (Å²) in [6, 6.07) is 11.7. The molecule has 1 atom stereocenters. The molecule has 0 aliphatic rings. The molecule has 1 aromatic heterocycles. The van der Waals surface area contributed by atoms with Crippen LogP contribution in [-0.2, 0) is 6.54 Å². The Kier molecular flexibility index (Phi) is 5.83. The largest absolute Gasteiger partial charge is 0.468 e. The molecule has 2 aromatic rings. The van der Waals surface area contributed by atoms with Gasteiger partial charge in [0.25, 0.3) is 0 Å². The van der Waals surface area contributed by atoms with Gasteiger partial charge in [-0.25, -0.2) is 0 Å². The molecule has 0 fully saturated rings. The fourth-order valence-electron chi connectivity index (χ4n) is 2.16. The lowest BCUT2D eigenvalue weighted by molar-refractivity contribution is 0.138. The maximum absolute atomic E-state index is 10.2. The van der Waals surface area contributed by atoms with Gasteiger partial charge in [0, 0.05) is 11.0 Å². The predicted octanol–water partition coefficient (Wildman–Crippen LogP) is 3.99. The van der Waals surface area contributed by atoms with E-state index >= 15 is 0 Å². The van der Waals surface area contributed by atoms with Gasteiger partial charge in [-0.05, 0) is 42.8 Å². The summed E-state index contributed by atoms with van der Waals surface area (Å²) in [5.41, 5.74) is 0.952. The second-order valence-corrected chi connectivity index (χ2v) is 5.72. The van der Waals surface area contributed by atoms with E-state index < -0.39 is 6.10 Å². The molecule has 0 saturated heterocycles. The first-order chi connectivity index (χ1) is 9.69. The van der Waals surface area contributed by atoms with Gasteiger partial charge in [0.05, 0.1) is 18.9 Å². The molecular formula is C16H20BrNO2. The molecule has 1 unspecified atom stereocenters. The highest BCUT2D eigenvalue weighted by atomic mass is 79.9. The molecule has 0 spiro atoms. The van der Waals surface area contributed by atoms with E-state index in [4.69, 9.17) is 4.42 Å². The molecule has 2 rings (SSSR count). The van der Waals surface area contributed by atoms with Crippen LogP contribution < -0.4 is 0 Å². The van der Waals surface area contributed by atoms with Crippen molar-refractivity contribution < 1.29 is 9.52 Å². The number of nitrogens with zero attached hydrogens (tertiary/aromatic N) is 1. The quantitative estimate of drug-likeness (QED) is 0.829. The molecule has 108 valence electrons. The van der Waals surface area contributed by atoms with Crippen LogP contribution in [0.1, 0.15) is 30.8 Å². The molecule has 20 heavy (non-hydrogen) atoms. The number of aliphatic hydroxyl groups is 1. The fraction of sp³-hybridized carbons (Fsp3) is 0.375. The summed E-state index contributed by atoms with van der Waals surface area (Å²) in [6.45, 7) is 4.68. The Labute approximate surface area is 128 Å². The second-order valence-electron chi connectivity index (χ2n) is 4.81. The highest BCUT2D eigenvalue weighted by Gasteiger charge is 2.11. The lowest BCUT2D eigenvalue weighted by Gasteiger charge is -2.21. The molecule has 1 heterocycles. The molecule has 4 heteroatoms. The minimum Gasteiger partial charge on any atom is -0.468 e. The fourth-order valence-corrected chi connectivity index (χ4v) is 2.57. The maximum Gasteiger partial charge on any atom is 0.117 e. The second kappa shape index (κ2) is 7.62. The highest BCUT2D eigenvalue weighted by molar-refractivity contribution is 9.10. The number of furan rings is 1. The smallest absolute Gasteiger partial charge is 0.117 e. The molecule has 0 aliphatic heterocycles. The summed E-state index contributed by atoms with van der Waals surface area (Å²) >= 11 is 3.43. The third-order valence-electron chi connectivity index (χ3n) is 3.36. The average Bonchev–Trinajstić information content (AvgIpc) is 2.96. The Bertz CT molecular complexity index is 513. The summed E-state index contributed by atoms with van der Waals surface area (Å²) in [5, 5.41) is 10.2. The van der Waals surface area contributed by atoms with Crippen LogP contribution in [-0.4, -0.2) is 23.1 Å². The average molecular weight is 338 g/mol. The number of hydrogen-bond acceptors (Lipinski definition) is 3. The van der Waals surface area contributed by atoms with Crippen molar-refractivity contribution >= 4 is 15.9 Å². The van der Waals surface area contributed by atoms with E-state index in [2.05, 4.69) is 27.8 Å². The van der Waals surface area contributed by atoms with Crippen LogP contribution in [0.3, 0.4) is 0 Å². The summed E-state index contributed by atoms with van der Waals surface area (Å²) in [4.78, 5) is 2.26. The van der Waals surface area contributed by atoms with Crippen LogP contribution in [0.2, 0.25) is 0 Å². The van der Waals surface area contributed by atoms with Crippen molar-refractivity contribution in [2.24, 2.45) is 0 Å². The van der Waals surface area contributed by atoms with Gasteiger partial charge in [0.1, 0.15) is 5.76 Å². The molecule has 0 radical (unpaired) electrons. The number of halogens is 1. The van der Waals surface area contributed by atoms with E-state index in [1.165, 1.54) is 0 Å². The van der Waals surface area contributed by atoms with Gasteiger partial charge in [0.2, 0.25) is 0 Å². The van der Waals surface area contributed by atoms with Gasteiger partial charge in [-0.2, -0.15) is 0 Å². The number of rotatable bonds is 7. The Morgan fingerprint density at radius 1 is 1.30 bits per heavy atom. The van der Waals surface area contributed by atoms with Crippen molar-refractivity contribution in [1.82, 2.24) is 4.90 Å². The SMILES string of the molecule is CCN(CCC(O)c1cccc(Br)c1)Cc1ccco1. The predicted molar refractivity (Wildman–Crippen MR) is 83.4 cm³/mol. The lowest BCUT2D eigenvalue weighted by Crippen LogP contribution is -2.25. The van der Waals surface area contributed by atoms with Gasteiger partial charge in [-0.3, -0.25) is 4.90 Å². The first-order valence-corrected chi connectivity index (χ1v) is 7.66. The van der Waals surface area contributed by atoms with Crippen molar-refractivity contribution in [1.29, 1.82) is 0 Å². The Balaban J connectivity index is 1.86. The molecular weight excluding hydrogens is 318 g/mol. The zero-order chi connectivity index (χ0) is 14.4. The van der Waals surface area contributed by atoms with E-state index in [-0.39, 0.29) is 0 Å². The molecule has 0 bridgehead atoms. The molecule has 1 N–H and O–H groups in total. The van der Waals surface area contributed by atoms with E-state index in [0.717, 1.165) is 35.4 Å². The van der Waals surface area contributed by atoms with Gasteiger partial charge < -0.3 is 9.52 Å². The van der Waals surface area contributed by atoms with Gasteiger partial charge in [0.15, 0.2) is 0 Å². The Hall–Kier alpha value is -1.10. The number of hydrogen-bond donors (Lipinski definition) is 1. The van der Waals surface area contributed by atoms with Crippen molar-refractivity contribution in [3.63, 3.8) is 0 Å². The normalized spacial score (nSPS) is 12.8. The van der Waals surface area contributed by atoms with Crippen LogP contribution in [0, 0.1) is 0 Å². The van der Waals surface area contributed by atoms with E-state index in [9.17, 15) is 5.11 Å². The lowest BCUT2D eigenvalue weighted by atomic mass is 10.1. The zero-order valence-corrected chi connectivity index (χ0v) is 13.2. The van der Waals surface area contributed by atoms with Crippen LogP contribution in [0.4, 0.5) is 0 Å². The van der Waals surface area contributed by atoms with E-state index in [1.54, 1.807) is 6.26 Å². The summed E-state index contributed by atoms with van der Waals surface area (Å²) in [5.74, 6) is 0.962. The monoisotopic (exact) mass is 337 g/mol. The third kappa shape index (κ3) is 4.47. The van der Waals surface area contributed by atoms with E-state index in [0.29, 0.717) is 6.42 Å². The molecule has 0 amide bonds. The highest BCUT2D eigenvalue weighted by Crippen LogP contribution is 2.21. The summed E-state index contributed by atoms with van der Waals surface area (Å²) < 4.78 is 6.36. The minimum atomic E-state index is -0.432. The van der Waals surface area contributed by atoms with Gasteiger partial charge in [-0.15, -0.1) is 0 Å². The van der Waals surface area contributed by atoms with Gasteiger partial charge >= 0.3 is 0 Å². The molecule has 0 saturated carbocycles.